The van der Waals surface area contributed by atoms with Gasteiger partial charge in [-0.3, -0.25) is 15.0 Å². The first kappa shape index (κ1) is 15.9. The molecule has 0 bridgehead atoms. The molecule has 7 heteroatoms. The highest BCUT2D eigenvalue weighted by molar-refractivity contribution is 5.96. The molecule has 1 saturated heterocycles. The van der Waals surface area contributed by atoms with Gasteiger partial charge in [-0.15, -0.1) is 0 Å². The Kier molecular flexibility index (Phi) is 6.75. The third kappa shape index (κ3) is 5.14. The van der Waals surface area contributed by atoms with Crippen molar-refractivity contribution in [2.75, 3.05) is 33.4 Å². The van der Waals surface area contributed by atoms with Crippen LogP contribution in [0.3, 0.4) is 0 Å². The number of piperidine rings is 1. The fourth-order valence-electron chi connectivity index (χ4n) is 2.09. The van der Waals surface area contributed by atoms with Crippen molar-refractivity contribution in [1.29, 1.82) is 0 Å². The lowest BCUT2D eigenvalue weighted by atomic mass is 10.1. The predicted molar refractivity (Wildman–Crippen MR) is 69.7 cm³/mol. The molecule has 0 aromatic heterocycles. The van der Waals surface area contributed by atoms with Crippen LogP contribution in [0.2, 0.25) is 0 Å². The Balaban J connectivity index is 2.33. The number of imide groups is 1. The van der Waals surface area contributed by atoms with Crippen LogP contribution in [-0.2, 0) is 9.53 Å². The van der Waals surface area contributed by atoms with Gasteiger partial charge in [-0.25, -0.2) is 4.79 Å². The number of nitrogens with one attached hydrogen (secondary N) is 2. The van der Waals surface area contributed by atoms with Gasteiger partial charge < -0.3 is 15.2 Å². The zero-order valence-electron chi connectivity index (χ0n) is 11.5. The number of aliphatic hydroxyl groups is 1. The van der Waals surface area contributed by atoms with Crippen LogP contribution < -0.4 is 10.6 Å². The minimum atomic E-state index is -0.488. The van der Waals surface area contributed by atoms with Crippen molar-refractivity contribution < 1.29 is 19.4 Å². The molecule has 1 atom stereocenters. The van der Waals surface area contributed by atoms with Gasteiger partial charge in [-0.2, -0.15) is 0 Å². The summed E-state index contributed by atoms with van der Waals surface area (Å²) in [5.74, 6) is -0.297. The Hall–Kier alpha value is -1.18. The van der Waals surface area contributed by atoms with Crippen molar-refractivity contribution in [3.8, 4) is 0 Å². The normalized spacial score (nSPS) is 18.9. The van der Waals surface area contributed by atoms with Crippen LogP contribution in [0.25, 0.3) is 0 Å². The van der Waals surface area contributed by atoms with E-state index in [0.717, 1.165) is 25.9 Å². The van der Waals surface area contributed by atoms with Crippen LogP contribution in [0, 0.1) is 0 Å². The summed E-state index contributed by atoms with van der Waals surface area (Å²) in [5, 5.41) is 13.3. The van der Waals surface area contributed by atoms with Gasteiger partial charge in [0.15, 0.2) is 0 Å². The molecule has 1 aliphatic heterocycles. The lowest BCUT2D eigenvalue weighted by Crippen LogP contribution is -2.51. The zero-order chi connectivity index (χ0) is 14.3. The van der Waals surface area contributed by atoms with Crippen molar-refractivity contribution in [1.82, 2.24) is 15.5 Å². The molecule has 19 heavy (non-hydrogen) atoms. The molecule has 110 valence electrons. The molecule has 0 aliphatic carbocycles. The first-order valence-corrected chi connectivity index (χ1v) is 6.57. The van der Waals surface area contributed by atoms with E-state index in [2.05, 4.69) is 10.6 Å². The summed E-state index contributed by atoms with van der Waals surface area (Å²) in [4.78, 5) is 24.9. The standard InChI is InChI=1S/C12H23N3O4/c1-9(11(17)14-12(18)13-2)15-5-3-10(4-6-15)19-8-7-16/h9-10,16H,3-8H2,1-2H3,(H2,13,14,17,18). The van der Waals surface area contributed by atoms with Crippen molar-refractivity contribution >= 4 is 11.9 Å². The second-order valence-electron chi connectivity index (χ2n) is 4.57. The number of carbonyl (C=O) groups is 2. The molecule has 0 aromatic rings. The first-order valence-electron chi connectivity index (χ1n) is 6.57. The SMILES string of the molecule is CNC(=O)NC(=O)C(C)N1CCC(OCCO)CC1. The molecule has 0 aromatic carbocycles. The second-order valence-corrected chi connectivity index (χ2v) is 4.57. The molecular weight excluding hydrogens is 250 g/mol. The first-order chi connectivity index (χ1) is 9.08. The Morgan fingerprint density at radius 2 is 2.05 bits per heavy atom. The number of nitrogens with zero attached hydrogens (tertiary/aromatic N) is 1. The number of amides is 3. The highest BCUT2D eigenvalue weighted by atomic mass is 16.5. The van der Waals surface area contributed by atoms with Gasteiger partial charge in [0.05, 0.1) is 25.4 Å². The van der Waals surface area contributed by atoms with E-state index in [9.17, 15) is 9.59 Å². The van der Waals surface area contributed by atoms with Gasteiger partial charge in [0, 0.05) is 20.1 Å². The Bertz CT molecular complexity index is 303. The van der Waals surface area contributed by atoms with Crippen molar-refractivity contribution in [3.63, 3.8) is 0 Å². The Morgan fingerprint density at radius 1 is 1.42 bits per heavy atom. The fourth-order valence-corrected chi connectivity index (χ4v) is 2.09. The number of ether oxygens (including phenoxy) is 1. The molecule has 1 fully saturated rings. The van der Waals surface area contributed by atoms with E-state index in [1.54, 1.807) is 6.92 Å². The second kappa shape index (κ2) is 8.08. The number of rotatable bonds is 5. The molecule has 1 heterocycles. The summed E-state index contributed by atoms with van der Waals surface area (Å²) in [5.41, 5.74) is 0. The molecular formula is C12H23N3O4. The monoisotopic (exact) mass is 273 g/mol. The average molecular weight is 273 g/mol. The minimum absolute atomic E-state index is 0.0329. The number of aliphatic hydroxyl groups excluding tert-OH is 1. The lowest BCUT2D eigenvalue weighted by Gasteiger charge is -2.34. The maximum atomic E-state index is 11.8. The average Bonchev–Trinajstić information content (AvgIpc) is 2.44. The molecule has 1 unspecified atom stereocenters. The number of urea groups is 1. The predicted octanol–water partition coefficient (Wildman–Crippen LogP) is -0.696. The lowest BCUT2D eigenvalue weighted by molar-refractivity contribution is -0.126. The Morgan fingerprint density at radius 3 is 2.58 bits per heavy atom. The van der Waals surface area contributed by atoms with Gasteiger partial charge in [0.1, 0.15) is 0 Å². The van der Waals surface area contributed by atoms with Gasteiger partial charge in [0.25, 0.3) is 0 Å². The van der Waals surface area contributed by atoms with Gasteiger partial charge >= 0.3 is 6.03 Å². The van der Waals surface area contributed by atoms with Crippen LogP contribution in [0.5, 0.6) is 0 Å². The van der Waals surface area contributed by atoms with Crippen LogP contribution >= 0.6 is 0 Å². The summed E-state index contributed by atoms with van der Waals surface area (Å²) < 4.78 is 5.46. The number of hydrogen-bond donors (Lipinski definition) is 3. The zero-order valence-corrected chi connectivity index (χ0v) is 11.5. The molecule has 0 spiro atoms. The minimum Gasteiger partial charge on any atom is -0.394 e. The fraction of sp³-hybridized carbons (Fsp3) is 0.833. The van der Waals surface area contributed by atoms with E-state index < -0.39 is 6.03 Å². The van der Waals surface area contributed by atoms with E-state index >= 15 is 0 Å². The molecule has 1 rings (SSSR count). The van der Waals surface area contributed by atoms with Crippen LogP contribution in [0.15, 0.2) is 0 Å². The molecule has 3 amide bonds. The third-order valence-electron chi connectivity index (χ3n) is 3.31. The largest absolute Gasteiger partial charge is 0.394 e. The summed E-state index contributed by atoms with van der Waals surface area (Å²) in [6.45, 7) is 3.67. The number of carbonyl (C=O) groups excluding carboxylic acids is 2. The van der Waals surface area contributed by atoms with Crippen LogP contribution in [-0.4, -0.2) is 67.4 Å². The maximum absolute atomic E-state index is 11.8. The molecule has 0 saturated carbocycles. The number of hydrogen-bond acceptors (Lipinski definition) is 5. The van der Waals surface area contributed by atoms with Gasteiger partial charge in [-0.1, -0.05) is 0 Å². The number of likely N-dealkylation sites (tertiary alicyclic amines) is 1. The van der Waals surface area contributed by atoms with Crippen molar-refractivity contribution in [2.24, 2.45) is 0 Å². The van der Waals surface area contributed by atoms with Crippen molar-refractivity contribution in [2.45, 2.75) is 31.9 Å². The smallest absolute Gasteiger partial charge is 0.321 e. The quantitative estimate of drug-likeness (QED) is 0.616. The van der Waals surface area contributed by atoms with Crippen LogP contribution in [0.1, 0.15) is 19.8 Å². The van der Waals surface area contributed by atoms with Crippen molar-refractivity contribution in [3.05, 3.63) is 0 Å². The maximum Gasteiger partial charge on any atom is 0.321 e. The highest BCUT2D eigenvalue weighted by Crippen LogP contribution is 2.15. The topological polar surface area (TPSA) is 90.9 Å². The molecule has 3 N–H and O–H groups in total. The summed E-state index contributed by atoms with van der Waals surface area (Å²) >= 11 is 0. The summed E-state index contributed by atoms with van der Waals surface area (Å²) in [6, 6.07) is -0.825. The molecule has 0 radical (unpaired) electrons. The highest BCUT2D eigenvalue weighted by Gasteiger charge is 2.27. The molecule has 7 nitrogen and oxygen atoms in total. The molecule has 1 aliphatic rings. The summed E-state index contributed by atoms with van der Waals surface area (Å²) in [7, 11) is 1.47. The van der Waals surface area contributed by atoms with Crippen LogP contribution in [0.4, 0.5) is 4.79 Å². The Labute approximate surface area is 113 Å². The summed E-state index contributed by atoms with van der Waals surface area (Å²) in [6.07, 6.45) is 1.81. The van der Waals surface area contributed by atoms with E-state index in [-0.39, 0.29) is 24.7 Å². The van der Waals surface area contributed by atoms with E-state index in [4.69, 9.17) is 9.84 Å². The van der Waals surface area contributed by atoms with Gasteiger partial charge in [-0.05, 0) is 19.8 Å². The van der Waals surface area contributed by atoms with E-state index in [1.165, 1.54) is 7.05 Å². The third-order valence-corrected chi connectivity index (χ3v) is 3.31. The van der Waals surface area contributed by atoms with Gasteiger partial charge in [0.2, 0.25) is 5.91 Å². The van der Waals surface area contributed by atoms with E-state index in [0.29, 0.717) is 6.61 Å². The van der Waals surface area contributed by atoms with E-state index in [1.807, 2.05) is 4.90 Å².